The second-order valence-corrected chi connectivity index (χ2v) is 2.62. The van der Waals surface area contributed by atoms with Crippen molar-refractivity contribution in [3.63, 3.8) is 0 Å². The fourth-order valence-corrected chi connectivity index (χ4v) is 1.32. The number of hydrogen-bond acceptors (Lipinski definition) is 4. The average Bonchev–Trinajstić information content (AvgIpc) is 2.17. The van der Waals surface area contributed by atoms with Crippen LogP contribution in [0.15, 0.2) is 23.5 Å². The van der Waals surface area contributed by atoms with Crippen LogP contribution in [0.3, 0.4) is 0 Å². The van der Waals surface area contributed by atoms with Crippen LogP contribution in [0.2, 0.25) is 0 Å². The van der Waals surface area contributed by atoms with E-state index in [1.54, 1.807) is 6.20 Å². The van der Waals surface area contributed by atoms with Crippen molar-refractivity contribution in [2.24, 2.45) is 5.16 Å². The zero-order valence-electron chi connectivity index (χ0n) is 6.49. The lowest BCUT2D eigenvalue weighted by atomic mass is 10.1. The van der Waals surface area contributed by atoms with Gasteiger partial charge in [0.05, 0.1) is 5.71 Å². The molecule has 12 heavy (non-hydrogen) atoms. The number of hydrogen-bond donors (Lipinski definition) is 2. The standard InChI is InChI=1S/C8H9N3O/c12-11-7-3-5-10-8-6(7)2-1-4-9-8/h1-2,4,12H,3,5H2,(H,9,10)/b11-7+. The number of pyridine rings is 1. The Morgan fingerprint density at radius 3 is 3.33 bits per heavy atom. The van der Waals surface area contributed by atoms with Gasteiger partial charge in [-0.15, -0.1) is 0 Å². The fraction of sp³-hybridized carbons (Fsp3) is 0.250. The number of fused-ring (bicyclic) bond motifs is 1. The second-order valence-electron chi connectivity index (χ2n) is 2.62. The molecule has 1 aliphatic heterocycles. The lowest BCUT2D eigenvalue weighted by molar-refractivity contribution is 0.318. The highest BCUT2D eigenvalue weighted by Crippen LogP contribution is 2.18. The molecule has 0 atom stereocenters. The molecule has 4 heteroatoms. The van der Waals surface area contributed by atoms with Crippen molar-refractivity contribution in [3.8, 4) is 0 Å². The van der Waals surface area contributed by atoms with Gasteiger partial charge in [-0.1, -0.05) is 5.16 Å². The average molecular weight is 163 g/mol. The van der Waals surface area contributed by atoms with Crippen LogP contribution in [0.5, 0.6) is 0 Å². The molecule has 0 aromatic carbocycles. The van der Waals surface area contributed by atoms with Crippen molar-refractivity contribution in [1.82, 2.24) is 4.98 Å². The van der Waals surface area contributed by atoms with Gasteiger partial charge < -0.3 is 10.5 Å². The maximum absolute atomic E-state index is 8.67. The molecule has 0 bridgehead atoms. The van der Waals surface area contributed by atoms with Gasteiger partial charge in [-0.05, 0) is 12.1 Å². The molecule has 0 fully saturated rings. The van der Waals surface area contributed by atoms with Gasteiger partial charge in [-0.25, -0.2) is 4.98 Å². The molecule has 1 aromatic rings. The lowest BCUT2D eigenvalue weighted by Gasteiger charge is -2.16. The largest absolute Gasteiger partial charge is 0.411 e. The smallest absolute Gasteiger partial charge is 0.135 e. The molecule has 1 aliphatic rings. The van der Waals surface area contributed by atoms with Crippen LogP contribution < -0.4 is 5.32 Å². The summed E-state index contributed by atoms with van der Waals surface area (Å²) in [5.41, 5.74) is 1.60. The summed E-state index contributed by atoms with van der Waals surface area (Å²) in [7, 11) is 0. The molecule has 0 spiro atoms. The van der Waals surface area contributed by atoms with Crippen LogP contribution in [0.25, 0.3) is 0 Å². The summed E-state index contributed by atoms with van der Waals surface area (Å²) in [4.78, 5) is 4.11. The van der Waals surface area contributed by atoms with E-state index < -0.39 is 0 Å². The molecule has 2 rings (SSSR count). The minimum absolute atomic E-state index is 0.705. The number of rotatable bonds is 0. The number of anilines is 1. The van der Waals surface area contributed by atoms with E-state index in [9.17, 15) is 0 Å². The molecular weight excluding hydrogens is 154 g/mol. The predicted molar refractivity (Wildman–Crippen MR) is 45.7 cm³/mol. The zero-order chi connectivity index (χ0) is 8.39. The number of oxime groups is 1. The number of nitrogens with one attached hydrogen (secondary N) is 1. The third-order valence-electron chi connectivity index (χ3n) is 1.89. The quantitative estimate of drug-likeness (QED) is 0.444. The van der Waals surface area contributed by atoms with Crippen LogP contribution in [0.1, 0.15) is 12.0 Å². The predicted octanol–water partition coefficient (Wildman–Crippen LogP) is 1.08. The Balaban J connectivity index is 2.51. The van der Waals surface area contributed by atoms with E-state index in [1.807, 2.05) is 12.1 Å². The van der Waals surface area contributed by atoms with Gasteiger partial charge in [0.15, 0.2) is 0 Å². The normalized spacial score (nSPS) is 18.5. The second kappa shape index (κ2) is 2.81. The van der Waals surface area contributed by atoms with Gasteiger partial charge in [-0.3, -0.25) is 0 Å². The van der Waals surface area contributed by atoms with Crippen LogP contribution in [0.4, 0.5) is 5.82 Å². The topological polar surface area (TPSA) is 57.5 Å². The van der Waals surface area contributed by atoms with Crippen molar-refractivity contribution in [1.29, 1.82) is 0 Å². The minimum atomic E-state index is 0.705. The van der Waals surface area contributed by atoms with E-state index in [4.69, 9.17) is 5.21 Å². The Kier molecular flexibility index (Phi) is 1.66. The molecular formula is C8H9N3O. The maximum atomic E-state index is 8.67. The van der Waals surface area contributed by atoms with Gasteiger partial charge in [0.2, 0.25) is 0 Å². The Morgan fingerprint density at radius 1 is 1.58 bits per heavy atom. The lowest BCUT2D eigenvalue weighted by Crippen LogP contribution is -2.19. The van der Waals surface area contributed by atoms with Crippen molar-refractivity contribution < 1.29 is 5.21 Å². The van der Waals surface area contributed by atoms with Crippen molar-refractivity contribution >= 4 is 11.5 Å². The Morgan fingerprint density at radius 2 is 2.50 bits per heavy atom. The van der Waals surface area contributed by atoms with Crippen molar-refractivity contribution in [2.75, 3.05) is 11.9 Å². The van der Waals surface area contributed by atoms with Gasteiger partial charge in [-0.2, -0.15) is 0 Å². The summed E-state index contributed by atoms with van der Waals surface area (Å²) >= 11 is 0. The molecule has 0 radical (unpaired) electrons. The SMILES string of the molecule is O/N=C1\CCNc2ncccc21. The van der Waals surface area contributed by atoms with Crippen molar-refractivity contribution in [3.05, 3.63) is 23.9 Å². The van der Waals surface area contributed by atoms with Gasteiger partial charge in [0.1, 0.15) is 5.82 Å². The van der Waals surface area contributed by atoms with E-state index in [1.165, 1.54) is 0 Å². The highest BCUT2D eigenvalue weighted by atomic mass is 16.4. The highest BCUT2D eigenvalue weighted by Gasteiger charge is 2.15. The summed E-state index contributed by atoms with van der Waals surface area (Å²) in [6.07, 6.45) is 2.46. The number of nitrogens with zero attached hydrogens (tertiary/aromatic N) is 2. The van der Waals surface area contributed by atoms with E-state index >= 15 is 0 Å². The summed E-state index contributed by atoms with van der Waals surface area (Å²) in [6, 6.07) is 3.72. The molecule has 2 N–H and O–H groups in total. The van der Waals surface area contributed by atoms with Gasteiger partial charge in [0, 0.05) is 24.7 Å². The van der Waals surface area contributed by atoms with Crippen molar-refractivity contribution in [2.45, 2.75) is 6.42 Å². The Hall–Kier alpha value is -1.58. The summed E-state index contributed by atoms with van der Waals surface area (Å²) in [5.74, 6) is 0.802. The molecule has 0 saturated heterocycles. The van der Waals surface area contributed by atoms with E-state index in [2.05, 4.69) is 15.5 Å². The fourth-order valence-electron chi connectivity index (χ4n) is 1.32. The first kappa shape index (κ1) is 7.09. The van der Waals surface area contributed by atoms with E-state index in [0.717, 1.165) is 24.3 Å². The third-order valence-corrected chi connectivity index (χ3v) is 1.89. The molecule has 1 aromatic heterocycles. The monoisotopic (exact) mass is 163 g/mol. The Labute approximate surface area is 69.9 Å². The zero-order valence-corrected chi connectivity index (χ0v) is 6.49. The summed E-state index contributed by atoms with van der Waals surface area (Å²) < 4.78 is 0. The molecule has 0 aliphatic carbocycles. The first-order valence-corrected chi connectivity index (χ1v) is 3.82. The maximum Gasteiger partial charge on any atom is 0.135 e. The minimum Gasteiger partial charge on any atom is -0.411 e. The van der Waals surface area contributed by atoms with Gasteiger partial charge in [0.25, 0.3) is 0 Å². The molecule has 4 nitrogen and oxygen atoms in total. The first-order valence-electron chi connectivity index (χ1n) is 3.82. The molecule has 0 amide bonds. The molecule has 62 valence electrons. The van der Waals surface area contributed by atoms with Crippen LogP contribution in [-0.4, -0.2) is 22.4 Å². The van der Waals surface area contributed by atoms with Crippen LogP contribution in [0, 0.1) is 0 Å². The van der Waals surface area contributed by atoms with E-state index in [-0.39, 0.29) is 0 Å². The first-order chi connectivity index (χ1) is 5.92. The highest BCUT2D eigenvalue weighted by molar-refractivity contribution is 6.05. The molecule has 0 saturated carbocycles. The van der Waals surface area contributed by atoms with Crippen LogP contribution >= 0.6 is 0 Å². The molecule has 0 unspecified atom stereocenters. The summed E-state index contributed by atoms with van der Waals surface area (Å²) in [5, 5.41) is 15.0. The molecule has 2 heterocycles. The van der Waals surface area contributed by atoms with E-state index in [0.29, 0.717) is 5.71 Å². The van der Waals surface area contributed by atoms with Gasteiger partial charge >= 0.3 is 0 Å². The third kappa shape index (κ3) is 1.01. The number of aromatic nitrogens is 1. The summed E-state index contributed by atoms with van der Waals surface area (Å²) in [6.45, 7) is 0.781. The van der Waals surface area contributed by atoms with Crippen LogP contribution in [-0.2, 0) is 0 Å². The Bertz CT molecular complexity index is 322.